The van der Waals surface area contributed by atoms with Crippen molar-refractivity contribution >= 4 is 50.5 Å². The van der Waals surface area contributed by atoms with Crippen molar-refractivity contribution in [1.29, 1.82) is 0 Å². The van der Waals surface area contributed by atoms with E-state index in [4.69, 9.17) is 26.4 Å². The number of carbonyl (C=O) groups excluding carboxylic acids is 1. The van der Waals surface area contributed by atoms with Gasteiger partial charge in [-0.1, -0.05) is 18.5 Å². The second kappa shape index (κ2) is 11.3. The maximum Gasteiger partial charge on any atom is 0.256 e. The molecule has 41 heavy (non-hydrogen) atoms. The molecule has 3 fully saturated rings. The number of nitrogens with one attached hydrogen (secondary N) is 1. The molecule has 11 nitrogen and oxygen atoms in total. The number of aromatic nitrogens is 3. The molecule has 0 bridgehead atoms. The molecule has 3 saturated heterocycles. The average molecular weight is 602 g/mol. The van der Waals surface area contributed by atoms with Crippen molar-refractivity contribution in [3.8, 4) is 0 Å². The molecule has 1 N–H and O–H groups in total. The van der Waals surface area contributed by atoms with Gasteiger partial charge in [-0.15, -0.1) is 0 Å². The summed E-state index contributed by atoms with van der Waals surface area (Å²) in [5.41, 5.74) is 1.95. The standard InChI is InChI=1S/C28H36ClN7O4S/c1-3-19-17-34(18-19)25-16-27(33-10-12-40-13-11-33)36-26(30-25)15-23(31-36)24-6-4-5-9-35(24)28(37)21-14-20(29)7-8-22(21)32-41(2,38)39/h7-8,14-16,19,24,32H,3-6,9-13,17-18H2,1-2H3/t24-/m0/s1. The number of hydrogen-bond acceptors (Lipinski definition) is 8. The monoisotopic (exact) mass is 601 g/mol. The van der Waals surface area contributed by atoms with Gasteiger partial charge in [-0.3, -0.25) is 9.52 Å². The SMILES string of the molecule is CCC1CN(c2cc(N3CCOCC3)n3nc([C@@H]4CCCCN4C(=O)c4cc(Cl)ccc4NS(C)(=O)=O)cc3n2)C1. The van der Waals surface area contributed by atoms with Crippen molar-refractivity contribution in [3.05, 3.63) is 46.6 Å². The van der Waals surface area contributed by atoms with Crippen LogP contribution in [0.15, 0.2) is 30.3 Å². The van der Waals surface area contributed by atoms with Crippen LogP contribution in [0.2, 0.25) is 5.02 Å². The van der Waals surface area contributed by atoms with Crippen LogP contribution >= 0.6 is 11.6 Å². The van der Waals surface area contributed by atoms with E-state index in [1.165, 1.54) is 12.1 Å². The minimum Gasteiger partial charge on any atom is -0.378 e. The van der Waals surface area contributed by atoms with Gasteiger partial charge in [0.2, 0.25) is 10.0 Å². The van der Waals surface area contributed by atoms with Crippen molar-refractivity contribution in [2.75, 3.05) is 66.7 Å². The number of sulfonamides is 1. The summed E-state index contributed by atoms with van der Waals surface area (Å²) < 4.78 is 34.0. The fraction of sp³-hybridized carbons (Fsp3) is 0.536. The lowest BCUT2D eigenvalue weighted by atomic mass is 9.97. The fourth-order valence-electron chi connectivity index (χ4n) is 5.94. The molecule has 220 valence electrons. The second-order valence-electron chi connectivity index (χ2n) is 11.2. The summed E-state index contributed by atoms with van der Waals surface area (Å²) in [4.78, 5) is 25.4. The number of nitrogens with zero attached hydrogens (tertiary/aromatic N) is 6. The third-order valence-electron chi connectivity index (χ3n) is 8.22. The summed E-state index contributed by atoms with van der Waals surface area (Å²) in [5.74, 6) is 2.33. The zero-order valence-electron chi connectivity index (χ0n) is 23.4. The van der Waals surface area contributed by atoms with Crippen LogP contribution < -0.4 is 14.5 Å². The first-order chi connectivity index (χ1) is 19.7. The lowest BCUT2D eigenvalue weighted by Crippen LogP contribution is -2.47. The third kappa shape index (κ3) is 5.82. The Kier molecular flexibility index (Phi) is 7.73. The highest BCUT2D eigenvalue weighted by molar-refractivity contribution is 7.92. The zero-order valence-corrected chi connectivity index (χ0v) is 25.0. The van der Waals surface area contributed by atoms with E-state index in [0.717, 1.165) is 81.1 Å². The Morgan fingerprint density at radius 2 is 1.88 bits per heavy atom. The molecule has 5 heterocycles. The van der Waals surface area contributed by atoms with E-state index in [2.05, 4.69) is 27.5 Å². The minimum absolute atomic E-state index is 0.210. The Bertz CT molecular complexity index is 1550. The Balaban J connectivity index is 1.37. The number of carbonyl (C=O) groups is 1. The molecule has 0 spiro atoms. The highest BCUT2D eigenvalue weighted by atomic mass is 35.5. The summed E-state index contributed by atoms with van der Waals surface area (Å²) in [6.45, 7) is 7.60. The van der Waals surface area contributed by atoms with Gasteiger partial charge >= 0.3 is 0 Å². The van der Waals surface area contributed by atoms with E-state index in [1.807, 2.05) is 10.6 Å². The molecule has 6 rings (SSSR count). The van der Waals surface area contributed by atoms with Crippen molar-refractivity contribution < 1.29 is 17.9 Å². The molecular weight excluding hydrogens is 566 g/mol. The number of benzene rings is 1. The van der Waals surface area contributed by atoms with Crippen LogP contribution in [-0.4, -0.2) is 86.0 Å². The van der Waals surface area contributed by atoms with Gasteiger partial charge in [-0.25, -0.2) is 13.4 Å². The molecule has 1 atom stereocenters. The first-order valence-electron chi connectivity index (χ1n) is 14.3. The van der Waals surface area contributed by atoms with Gasteiger partial charge in [0.1, 0.15) is 11.6 Å². The van der Waals surface area contributed by atoms with Gasteiger partial charge in [0.05, 0.1) is 42.5 Å². The number of halogens is 1. The molecule has 3 aromatic rings. The molecule has 0 radical (unpaired) electrons. The number of likely N-dealkylation sites (tertiary alicyclic amines) is 1. The summed E-state index contributed by atoms with van der Waals surface area (Å²) in [6.07, 6.45) is 4.76. The Labute approximate surface area is 245 Å². The van der Waals surface area contributed by atoms with E-state index in [-0.39, 0.29) is 23.2 Å². The van der Waals surface area contributed by atoms with Crippen LogP contribution in [0.4, 0.5) is 17.3 Å². The highest BCUT2D eigenvalue weighted by Crippen LogP contribution is 2.36. The Morgan fingerprint density at radius 1 is 1.10 bits per heavy atom. The number of morpholine rings is 1. The van der Waals surface area contributed by atoms with E-state index < -0.39 is 10.0 Å². The topological polar surface area (TPSA) is 112 Å². The van der Waals surface area contributed by atoms with Crippen LogP contribution in [0.5, 0.6) is 0 Å². The van der Waals surface area contributed by atoms with Gasteiger partial charge in [0.15, 0.2) is 5.65 Å². The maximum atomic E-state index is 14.0. The molecule has 1 amide bonds. The third-order valence-corrected chi connectivity index (χ3v) is 9.05. The summed E-state index contributed by atoms with van der Waals surface area (Å²) in [7, 11) is -3.59. The van der Waals surface area contributed by atoms with E-state index >= 15 is 0 Å². The quantitative estimate of drug-likeness (QED) is 0.435. The first-order valence-corrected chi connectivity index (χ1v) is 16.5. The van der Waals surface area contributed by atoms with Crippen LogP contribution in [0.1, 0.15) is 54.7 Å². The molecule has 3 aliphatic rings. The Hall–Kier alpha value is -3.09. The number of rotatable bonds is 7. The Morgan fingerprint density at radius 3 is 2.61 bits per heavy atom. The van der Waals surface area contributed by atoms with E-state index in [1.54, 1.807) is 11.0 Å². The van der Waals surface area contributed by atoms with Gasteiger partial charge in [-0.05, 0) is 49.8 Å². The van der Waals surface area contributed by atoms with Crippen molar-refractivity contribution in [3.63, 3.8) is 0 Å². The van der Waals surface area contributed by atoms with Crippen LogP contribution in [-0.2, 0) is 14.8 Å². The predicted molar refractivity (Wildman–Crippen MR) is 160 cm³/mol. The number of ether oxygens (including phenoxy) is 1. The summed E-state index contributed by atoms with van der Waals surface area (Å²) in [6, 6.07) is 8.46. The minimum atomic E-state index is -3.59. The lowest BCUT2D eigenvalue weighted by Gasteiger charge is -2.40. The highest BCUT2D eigenvalue weighted by Gasteiger charge is 2.33. The van der Waals surface area contributed by atoms with Gasteiger partial charge in [0.25, 0.3) is 5.91 Å². The van der Waals surface area contributed by atoms with Crippen LogP contribution in [0.25, 0.3) is 5.65 Å². The number of piperidine rings is 1. The molecule has 2 aromatic heterocycles. The molecule has 0 unspecified atom stereocenters. The molecule has 0 aliphatic carbocycles. The number of fused-ring (bicyclic) bond motifs is 1. The van der Waals surface area contributed by atoms with Gasteiger partial charge in [-0.2, -0.15) is 9.61 Å². The molecule has 3 aliphatic heterocycles. The van der Waals surface area contributed by atoms with Crippen LogP contribution in [0.3, 0.4) is 0 Å². The summed E-state index contributed by atoms with van der Waals surface area (Å²) in [5, 5.41) is 5.39. The molecular formula is C28H36ClN7O4S. The average Bonchev–Trinajstić information content (AvgIpc) is 3.36. The predicted octanol–water partition coefficient (Wildman–Crippen LogP) is 3.80. The van der Waals surface area contributed by atoms with Crippen molar-refractivity contribution in [2.45, 2.75) is 38.6 Å². The van der Waals surface area contributed by atoms with Crippen molar-refractivity contribution in [1.82, 2.24) is 19.5 Å². The normalized spacial score (nSPS) is 20.4. The maximum absolute atomic E-state index is 14.0. The zero-order chi connectivity index (χ0) is 28.7. The number of hydrogen-bond donors (Lipinski definition) is 1. The lowest BCUT2D eigenvalue weighted by molar-refractivity contribution is 0.0607. The number of amides is 1. The van der Waals surface area contributed by atoms with Gasteiger partial charge < -0.3 is 19.4 Å². The molecule has 13 heteroatoms. The largest absolute Gasteiger partial charge is 0.378 e. The first kappa shape index (κ1) is 28.0. The number of anilines is 3. The second-order valence-corrected chi connectivity index (χ2v) is 13.3. The van der Waals surface area contributed by atoms with E-state index in [9.17, 15) is 13.2 Å². The molecule has 1 aromatic carbocycles. The van der Waals surface area contributed by atoms with Gasteiger partial charge in [0, 0.05) is 49.9 Å². The fourth-order valence-corrected chi connectivity index (χ4v) is 6.69. The smallest absolute Gasteiger partial charge is 0.256 e. The van der Waals surface area contributed by atoms with E-state index in [0.29, 0.717) is 30.7 Å². The summed E-state index contributed by atoms with van der Waals surface area (Å²) >= 11 is 6.25. The van der Waals surface area contributed by atoms with Crippen molar-refractivity contribution in [2.24, 2.45) is 5.92 Å². The molecule has 0 saturated carbocycles. The van der Waals surface area contributed by atoms with Crippen LogP contribution in [0, 0.1) is 5.92 Å².